The minimum absolute atomic E-state index is 0.105. The highest BCUT2D eigenvalue weighted by molar-refractivity contribution is 6.39. The number of para-hydroxylation sites is 1. The van der Waals surface area contributed by atoms with Gasteiger partial charge in [-0.25, -0.2) is 9.38 Å². The standard InChI is InChI=1S/C27H24Cl2FN3O5/c1-3-37-22-13-15(28)12-19(29)23(22)24-17-6-4-5-7-20(17)31-27(35)25(32-24)33-26(34)18-14-16(30)8-9-21(18)38-11-10-36-2/h4-9,12-14,25H,3,10-11H2,1-2H3,(H,31,35)(H,33,34)/t25-/m1/s1. The fraction of sp³-hybridized carbons (Fsp3) is 0.222. The third kappa shape index (κ3) is 6.07. The van der Waals surface area contributed by atoms with Gasteiger partial charge in [0, 0.05) is 17.7 Å². The number of methoxy groups -OCH3 is 1. The maximum Gasteiger partial charge on any atom is 0.269 e. The van der Waals surface area contributed by atoms with Crippen LogP contribution < -0.4 is 20.1 Å². The summed E-state index contributed by atoms with van der Waals surface area (Å²) in [6.45, 7) is 2.53. The second kappa shape index (κ2) is 12.3. The zero-order chi connectivity index (χ0) is 27.2. The Labute approximate surface area is 228 Å². The molecule has 4 rings (SSSR count). The average molecular weight is 560 g/mol. The Kier molecular flexibility index (Phi) is 8.83. The largest absolute Gasteiger partial charge is 0.493 e. The molecule has 0 aliphatic carbocycles. The van der Waals surface area contributed by atoms with Gasteiger partial charge in [-0.05, 0) is 43.3 Å². The van der Waals surface area contributed by atoms with Crippen LogP contribution in [0.5, 0.6) is 11.5 Å². The molecule has 198 valence electrons. The highest BCUT2D eigenvalue weighted by atomic mass is 35.5. The molecule has 3 aromatic rings. The Hall–Kier alpha value is -3.66. The van der Waals surface area contributed by atoms with E-state index in [1.807, 2.05) is 0 Å². The summed E-state index contributed by atoms with van der Waals surface area (Å²) < 4.78 is 30.4. The maximum absolute atomic E-state index is 14.1. The Morgan fingerprint density at radius 1 is 1.08 bits per heavy atom. The first-order valence-corrected chi connectivity index (χ1v) is 12.4. The number of fused-ring (bicyclic) bond motifs is 1. The number of ether oxygens (including phenoxy) is 3. The van der Waals surface area contributed by atoms with Crippen molar-refractivity contribution < 1.29 is 28.2 Å². The quantitative estimate of drug-likeness (QED) is 0.355. The van der Waals surface area contributed by atoms with E-state index in [-0.39, 0.29) is 29.5 Å². The van der Waals surface area contributed by atoms with E-state index in [9.17, 15) is 14.0 Å². The van der Waals surface area contributed by atoms with Crippen LogP contribution in [0.1, 0.15) is 28.4 Å². The molecular weight excluding hydrogens is 536 g/mol. The lowest BCUT2D eigenvalue weighted by Crippen LogP contribution is -2.42. The predicted octanol–water partition coefficient (Wildman–Crippen LogP) is 5.10. The van der Waals surface area contributed by atoms with Crippen molar-refractivity contribution in [3.63, 3.8) is 0 Å². The van der Waals surface area contributed by atoms with E-state index in [0.717, 1.165) is 6.07 Å². The lowest BCUT2D eigenvalue weighted by molar-refractivity contribution is -0.117. The minimum atomic E-state index is -1.40. The molecule has 2 N–H and O–H groups in total. The van der Waals surface area contributed by atoms with Gasteiger partial charge in [-0.15, -0.1) is 0 Å². The van der Waals surface area contributed by atoms with Gasteiger partial charge in [0.1, 0.15) is 23.9 Å². The number of benzodiazepines with no additional fused rings is 1. The van der Waals surface area contributed by atoms with Crippen LogP contribution >= 0.6 is 23.2 Å². The number of amides is 2. The van der Waals surface area contributed by atoms with Crippen LogP contribution in [0.4, 0.5) is 10.1 Å². The molecule has 11 heteroatoms. The SMILES string of the molecule is CCOc1cc(Cl)cc(Cl)c1C1=N[C@H](NC(=O)c2cc(F)ccc2OCCOC)C(=O)Nc2ccccc21. The number of hydrogen-bond acceptors (Lipinski definition) is 6. The van der Waals surface area contributed by atoms with Gasteiger partial charge in [-0.2, -0.15) is 0 Å². The summed E-state index contributed by atoms with van der Waals surface area (Å²) in [5, 5.41) is 5.95. The normalized spacial score (nSPS) is 14.6. The number of benzene rings is 3. The molecule has 0 aromatic heterocycles. The van der Waals surface area contributed by atoms with E-state index in [4.69, 9.17) is 37.4 Å². The number of nitrogens with zero attached hydrogens (tertiary/aromatic N) is 1. The summed E-state index contributed by atoms with van der Waals surface area (Å²) in [5.41, 5.74) is 1.60. The lowest BCUT2D eigenvalue weighted by Gasteiger charge is -2.17. The second-order valence-corrected chi connectivity index (χ2v) is 8.91. The number of halogens is 3. The van der Waals surface area contributed by atoms with Crippen molar-refractivity contribution in [1.29, 1.82) is 0 Å². The smallest absolute Gasteiger partial charge is 0.269 e. The molecule has 0 saturated heterocycles. The summed E-state index contributed by atoms with van der Waals surface area (Å²) in [6.07, 6.45) is -1.40. The third-order valence-electron chi connectivity index (χ3n) is 5.50. The van der Waals surface area contributed by atoms with Gasteiger partial charge in [0.05, 0.1) is 40.8 Å². The third-order valence-corrected chi connectivity index (χ3v) is 6.02. The van der Waals surface area contributed by atoms with Gasteiger partial charge in [0.15, 0.2) is 0 Å². The van der Waals surface area contributed by atoms with Crippen LogP contribution in [-0.4, -0.2) is 50.6 Å². The number of carbonyl (C=O) groups excluding carboxylic acids is 2. The van der Waals surface area contributed by atoms with E-state index in [1.54, 1.807) is 37.3 Å². The van der Waals surface area contributed by atoms with Crippen molar-refractivity contribution in [3.8, 4) is 11.5 Å². The number of carbonyl (C=O) groups is 2. The highest BCUT2D eigenvalue weighted by Crippen LogP contribution is 2.36. The van der Waals surface area contributed by atoms with Crippen LogP contribution in [0.2, 0.25) is 10.0 Å². The van der Waals surface area contributed by atoms with Crippen molar-refractivity contribution in [2.45, 2.75) is 13.1 Å². The van der Waals surface area contributed by atoms with E-state index in [2.05, 4.69) is 15.6 Å². The summed E-state index contributed by atoms with van der Waals surface area (Å²) in [6, 6.07) is 13.6. The molecule has 0 saturated carbocycles. The molecule has 1 aliphatic heterocycles. The zero-order valence-corrected chi connectivity index (χ0v) is 22.0. The van der Waals surface area contributed by atoms with E-state index in [0.29, 0.717) is 39.9 Å². The molecule has 1 heterocycles. The highest BCUT2D eigenvalue weighted by Gasteiger charge is 2.30. The summed E-state index contributed by atoms with van der Waals surface area (Å²) >= 11 is 12.8. The molecule has 1 atom stereocenters. The van der Waals surface area contributed by atoms with Crippen molar-refractivity contribution in [2.24, 2.45) is 4.99 Å². The molecular formula is C27H24Cl2FN3O5. The monoisotopic (exact) mass is 559 g/mol. The van der Waals surface area contributed by atoms with Crippen LogP contribution in [0.25, 0.3) is 0 Å². The zero-order valence-electron chi connectivity index (χ0n) is 20.5. The molecule has 0 radical (unpaired) electrons. The van der Waals surface area contributed by atoms with Gasteiger partial charge in [-0.3, -0.25) is 9.59 Å². The van der Waals surface area contributed by atoms with Crippen molar-refractivity contribution >= 4 is 46.4 Å². The number of rotatable bonds is 9. The Balaban J connectivity index is 1.78. The van der Waals surface area contributed by atoms with Crippen LogP contribution in [-0.2, 0) is 9.53 Å². The van der Waals surface area contributed by atoms with Crippen LogP contribution in [0.3, 0.4) is 0 Å². The number of anilines is 1. The van der Waals surface area contributed by atoms with Gasteiger partial charge in [0.25, 0.3) is 11.8 Å². The Bertz CT molecular complexity index is 1400. The molecule has 8 nitrogen and oxygen atoms in total. The van der Waals surface area contributed by atoms with E-state index in [1.165, 1.54) is 25.3 Å². The second-order valence-electron chi connectivity index (χ2n) is 8.06. The number of nitrogens with one attached hydrogen (secondary N) is 2. The number of hydrogen-bond donors (Lipinski definition) is 2. The molecule has 0 bridgehead atoms. The fourth-order valence-electron chi connectivity index (χ4n) is 3.85. The first-order valence-electron chi connectivity index (χ1n) is 11.6. The summed E-state index contributed by atoms with van der Waals surface area (Å²) in [5.74, 6) is -1.54. The Morgan fingerprint density at radius 2 is 1.87 bits per heavy atom. The minimum Gasteiger partial charge on any atom is -0.493 e. The predicted molar refractivity (Wildman–Crippen MR) is 143 cm³/mol. The molecule has 0 spiro atoms. The average Bonchev–Trinajstić information content (AvgIpc) is 3.01. The van der Waals surface area contributed by atoms with Crippen molar-refractivity contribution in [2.75, 3.05) is 32.2 Å². The van der Waals surface area contributed by atoms with Gasteiger partial charge >= 0.3 is 0 Å². The summed E-state index contributed by atoms with van der Waals surface area (Å²) in [7, 11) is 1.50. The summed E-state index contributed by atoms with van der Waals surface area (Å²) in [4.78, 5) is 31.1. The fourth-order valence-corrected chi connectivity index (χ4v) is 4.41. The van der Waals surface area contributed by atoms with Crippen LogP contribution in [0.15, 0.2) is 59.6 Å². The molecule has 1 aliphatic rings. The number of aliphatic imine (C=N–C) groups is 1. The molecule has 2 amide bonds. The van der Waals surface area contributed by atoms with E-state index >= 15 is 0 Å². The lowest BCUT2D eigenvalue weighted by atomic mass is 9.99. The topological polar surface area (TPSA) is 98.2 Å². The van der Waals surface area contributed by atoms with Crippen LogP contribution in [0, 0.1) is 5.82 Å². The maximum atomic E-state index is 14.1. The van der Waals surface area contributed by atoms with Gasteiger partial charge in [-0.1, -0.05) is 41.4 Å². The van der Waals surface area contributed by atoms with Gasteiger partial charge < -0.3 is 24.8 Å². The van der Waals surface area contributed by atoms with E-state index < -0.39 is 23.8 Å². The first kappa shape index (κ1) is 27.4. The molecule has 0 unspecified atom stereocenters. The Morgan fingerprint density at radius 3 is 2.63 bits per heavy atom. The molecule has 0 fully saturated rings. The molecule has 38 heavy (non-hydrogen) atoms. The van der Waals surface area contributed by atoms with Crippen molar-refractivity contribution in [1.82, 2.24) is 5.32 Å². The molecule has 3 aromatic carbocycles. The first-order chi connectivity index (χ1) is 18.3. The van der Waals surface area contributed by atoms with Gasteiger partial charge in [0.2, 0.25) is 6.17 Å². The van der Waals surface area contributed by atoms with Crippen molar-refractivity contribution in [3.05, 3.63) is 87.2 Å².